The Bertz CT molecular complexity index is 309. The molecule has 72 valence electrons. The van der Waals surface area contributed by atoms with Crippen LogP contribution in [0.5, 0.6) is 0 Å². The Morgan fingerprint density at radius 2 is 2.46 bits per heavy atom. The second-order valence-corrected chi connectivity index (χ2v) is 2.75. The van der Waals surface area contributed by atoms with Crippen LogP contribution in [0.1, 0.15) is 23.0 Å². The Balaban J connectivity index is 2.93. The van der Waals surface area contributed by atoms with E-state index in [1.54, 1.807) is 18.7 Å². The van der Waals surface area contributed by atoms with Crippen LogP contribution in [0.3, 0.4) is 0 Å². The Kier molecular flexibility index (Phi) is 3.31. The first-order valence-electron chi connectivity index (χ1n) is 3.94. The van der Waals surface area contributed by atoms with Crippen molar-refractivity contribution in [3.63, 3.8) is 0 Å². The van der Waals surface area contributed by atoms with Gasteiger partial charge in [-0.05, 0) is 6.92 Å². The van der Waals surface area contributed by atoms with Crippen molar-refractivity contribution in [1.29, 1.82) is 0 Å². The highest BCUT2D eigenvalue weighted by atomic mass is 35.5. The van der Waals surface area contributed by atoms with Gasteiger partial charge < -0.3 is 4.74 Å². The summed E-state index contributed by atoms with van der Waals surface area (Å²) in [6.45, 7) is 2.12. The summed E-state index contributed by atoms with van der Waals surface area (Å²) in [5, 5.41) is 3.92. The van der Waals surface area contributed by atoms with E-state index in [4.69, 9.17) is 16.3 Å². The summed E-state index contributed by atoms with van der Waals surface area (Å²) < 4.78 is 6.40. The standard InChI is InChI=1S/C8H11ClN2O2/c1-3-13-8(12)6-5-10-11(2)7(6)4-9/h5H,3-4H2,1-2H3. The van der Waals surface area contributed by atoms with Crippen LogP contribution >= 0.6 is 11.6 Å². The van der Waals surface area contributed by atoms with Crippen molar-refractivity contribution >= 4 is 17.6 Å². The second-order valence-electron chi connectivity index (χ2n) is 2.48. The van der Waals surface area contributed by atoms with Crippen LogP contribution < -0.4 is 0 Å². The zero-order chi connectivity index (χ0) is 9.84. The van der Waals surface area contributed by atoms with E-state index in [2.05, 4.69) is 5.10 Å². The van der Waals surface area contributed by atoms with Crippen molar-refractivity contribution in [3.8, 4) is 0 Å². The summed E-state index contributed by atoms with van der Waals surface area (Å²) in [6, 6.07) is 0. The highest BCUT2D eigenvalue weighted by molar-refractivity contribution is 6.17. The predicted octanol–water partition coefficient (Wildman–Crippen LogP) is 1.34. The molecule has 0 aliphatic carbocycles. The molecule has 0 atom stereocenters. The fourth-order valence-corrected chi connectivity index (χ4v) is 1.32. The number of alkyl halides is 1. The first-order chi connectivity index (χ1) is 6.20. The van der Waals surface area contributed by atoms with Crippen molar-refractivity contribution in [2.75, 3.05) is 6.61 Å². The lowest BCUT2D eigenvalue weighted by molar-refractivity contribution is 0.0525. The van der Waals surface area contributed by atoms with Crippen LogP contribution in [0.25, 0.3) is 0 Å². The van der Waals surface area contributed by atoms with Crippen LogP contribution in [0.2, 0.25) is 0 Å². The summed E-state index contributed by atoms with van der Waals surface area (Å²) >= 11 is 5.65. The van der Waals surface area contributed by atoms with Crippen LogP contribution in [0, 0.1) is 0 Å². The highest BCUT2D eigenvalue weighted by Crippen LogP contribution is 2.11. The van der Waals surface area contributed by atoms with Gasteiger partial charge in [-0.3, -0.25) is 4.68 Å². The van der Waals surface area contributed by atoms with E-state index >= 15 is 0 Å². The predicted molar refractivity (Wildman–Crippen MR) is 48.7 cm³/mol. The number of hydrogen-bond acceptors (Lipinski definition) is 3. The van der Waals surface area contributed by atoms with Crippen LogP contribution in [0.15, 0.2) is 6.20 Å². The molecule has 0 spiro atoms. The number of esters is 1. The van der Waals surface area contributed by atoms with Gasteiger partial charge in [0.2, 0.25) is 0 Å². The molecule has 4 nitrogen and oxygen atoms in total. The molecule has 0 N–H and O–H groups in total. The molecule has 0 aromatic carbocycles. The maximum atomic E-state index is 11.3. The third-order valence-electron chi connectivity index (χ3n) is 1.68. The molecule has 0 amide bonds. The number of hydrogen-bond donors (Lipinski definition) is 0. The molecule has 0 radical (unpaired) electrons. The minimum absolute atomic E-state index is 0.255. The minimum Gasteiger partial charge on any atom is -0.462 e. The molecule has 0 aliphatic heterocycles. The molecule has 0 saturated carbocycles. The van der Waals surface area contributed by atoms with E-state index in [1.165, 1.54) is 6.20 Å². The van der Waals surface area contributed by atoms with Gasteiger partial charge in [0.25, 0.3) is 0 Å². The molecule has 0 bridgehead atoms. The minimum atomic E-state index is -0.369. The molecule has 5 heteroatoms. The maximum absolute atomic E-state index is 11.3. The number of rotatable bonds is 3. The number of halogens is 1. The fraction of sp³-hybridized carbons (Fsp3) is 0.500. The molecular weight excluding hydrogens is 192 g/mol. The second kappa shape index (κ2) is 4.28. The van der Waals surface area contributed by atoms with E-state index in [0.717, 1.165) is 0 Å². The summed E-state index contributed by atoms with van der Waals surface area (Å²) in [5.41, 5.74) is 1.12. The first kappa shape index (κ1) is 10.1. The number of ether oxygens (including phenoxy) is 1. The van der Waals surface area contributed by atoms with Crippen molar-refractivity contribution in [2.45, 2.75) is 12.8 Å². The number of carbonyl (C=O) groups is 1. The fourth-order valence-electron chi connectivity index (χ4n) is 1.00. The lowest BCUT2D eigenvalue weighted by Crippen LogP contribution is -2.07. The molecule has 0 saturated heterocycles. The third-order valence-corrected chi connectivity index (χ3v) is 1.94. The Morgan fingerprint density at radius 3 is 3.00 bits per heavy atom. The smallest absolute Gasteiger partial charge is 0.341 e. The monoisotopic (exact) mass is 202 g/mol. The van der Waals surface area contributed by atoms with E-state index in [-0.39, 0.29) is 11.8 Å². The molecule has 13 heavy (non-hydrogen) atoms. The zero-order valence-electron chi connectivity index (χ0n) is 7.58. The van der Waals surface area contributed by atoms with Crippen molar-refractivity contribution in [2.24, 2.45) is 7.05 Å². The SMILES string of the molecule is CCOC(=O)c1cnn(C)c1CCl. The van der Waals surface area contributed by atoms with E-state index < -0.39 is 0 Å². The molecule has 1 aromatic rings. The number of aromatic nitrogens is 2. The highest BCUT2D eigenvalue weighted by Gasteiger charge is 2.15. The summed E-state index contributed by atoms with van der Waals surface area (Å²) in [5.74, 6) is -0.115. The van der Waals surface area contributed by atoms with E-state index in [0.29, 0.717) is 17.9 Å². The molecule has 0 fully saturated rings. The average molecular weight is 203 g/mol. The third kappa shape index (κ3) is 2.01. The van der Waals surface area contributed by atoms with Crippen LogP contribution in [0.4, 0.5) is 0 Å². The average Bonchev–Trinajstić information content (AvgIpc) is 2.47. The summed E-state index contributed by atoms with van der Waals surface area (Å²) in [6.07, 6.45) is 1.47. The van der Waals surface area contributed by atoms with Crippen molar-refractivity contribution < 1.29 is 9.53 Å². The van der Waals surface area contributed by atoms with E-state index in [1.807, 2.05) is 0 Å². The zero-order valence-corrected chi connectivity index (χ0v) is 8.34. The van der Waals surface area contributed by atoms with Crippen molar-refractivity contribution in [3.05, 3.63) is 17.5 Å². The molecule has 1 heterocycles. The topological polar surface area (TPSA) is 44.1 Å². The first-order valence-corrected chi connectivity index (χ1v) is 4.48. The van der Waals surface area contributed by atoms with E-state index in [9.17, 15) is 4.79 Å². The van der Waals surface area contributed by atoms with Gasteiger partial charge in [-0.15, -0.1) is 11.6 Å². The quantitative estimate of drug-likeness (QED) is 0.549. The summed E-state index contributed by atoms with van der Waals surface area (Å²) in [7, 11) is 1.74. The lowest BCUT2D eigenvalue weighted by atomic mass is 10.3. The normalized spacial score (nSPS) is 10.1. The van der Waals surface area contributed by atoms with Gasteiger partial charge in [0.05, 0.1) is 24.4 Å². The molecule has 0 unspecified atom stereocenters. The van der Waals surface area contributed by atoms with Gasteiger partial charge in [-0.2, -0.15) is 5.10 Å². The van der Waals surface area contributed by atoms with Crippen molar-refractivity contribution in [1.82, 2.24) is 9.78 Å². The Morgan fingerprint density at radius 1 is 1.77 bits per heavy atom. The lowest BCUT2D eigenvalue weighted by Gasteiger charge is -2.01. The molecule has 0 aliphatic rings. The molecule has 1 aromatic heterocycles. The largest absolute Gasteiger partial charge is 0.462 e. The summed E-state index contributed by atoms with van der Waals surface area (Å²) in [4.78, 5) is 11.3. The van der Waals surface area contributed by atoms with Gasteiger partial charge in [-0.25, -0.2) is 4.79 Å². The van der Waals surface area contributed by atoms with Crippen LogP contribution in [-0.4, -0.2) is 22.4 Å². The number of nitrogens with zero attached hydrogens (tertiary/aromatic N) is 2. The van der Waals surface area contributed by atoms with Gasteiger partial charge in [-0.1, -0.05) is 0 Å². The molecule has 1 rings (SSSR count). The number of carbonyl (C=O) groups excluding carboxylic acids is 1. The van der Waals surface area contributed by atoms with Crippen LogP contribution in [-0.2, 0) is 17.7 Å². The van der Waals surface area contributed by atoms with Gasteiger partial charge >= 0.3 is 5.97 Å². The Labute approximate surface area is 81.4 Å². The Hall–Kier alpha value is -1.03. The number of aryl methyl sites for hydroxylation is 1. The van der Waals surface area contributed by atoms with Gasteiger partial charge in [0, 0.05) is 7.05 Å². The van der Waals surface area contributed by atoms with Gasteiger partial charge in [0.1, 0.15) is 5.56 Å². The molecular formula is C8H11ClN2O2. The maximum Gasteiger partial charge on any atom is 0.341 e. The van der Waals surface area contributed by atoms with Gasteiger partial charge in [0.15, 0.2) is 0 Å².